The Balaban J connectivity index is 3.01. The van der Waals surface area contributed by atoms with Gasteiger partial charge < -0.3 is 4.74 Å². The summed E-state index contributed by atoms with van der Waals surface area (Å²) in [7, 11) is 0. The number of unbranched alkanes of at least 4 members (excludes halogenated alkanes) is 15. The minimum Gasteiger partial charge on any atom is -0.458 e. The monoisotopic (exact) mass is 358 g/mol. The van der Waals surface area contributed by atoms with E-state index in [0.29, 0.717) is 6.61 Å². The van der Waals surface area contributed by atoms with Crippen molar-refractivity contribution in [2.45, 2.75) is 117 Å². The number of carbonyl (C=O) groups excluding carboxylic acids is 1. The Kier molecular flexibility index (Phi) is 20.7. The molecule has 0 aliphatic heterocycles. The normalized spacial score (nSPS) is 10.9. The van der Waals surface area contributed by atoms with E-state index in [-0.39, 0.29) is 5.30 Å². The SMILES string of the molecule is CCCCCCCCCCCCCCCCCCOC(=O)SCC. The lowest BCUT2D eigenvalue weighted by Gasteiger charge is -2.04. The van der Waals surface area contributed by atoms with Crippen LogP contribution in [-0.2, 0) is 4.74 Å². The molecule has 0 heterocycles. The highest BCUT2D eigenvalue weighted by Gasteiger charge is 2.00. The van der Waals surface area contributed by atoms with E-state index in [2.05, 4.69) is 6.92 Å². The average molecular weight is 359 g/mol. The predicted octanol–water partition coefficient (Wildman–Crippen LogP) is 8.14. The third kappa shape index (κ3) is 19.9. The molecular formula is C21H42O2S. The third-order valence-corrected chi connectivity index (χ3v) is 5.12. The van der Waals surface area contributed by atoms with Crippen LogP contribution in [0, 0.1) is 0 Å². The van der Waals surface area contributed by atoms with Gasteiger partial charge in [-0.25, -0.2) is 4.79 Å². The van der Waals surface area contributed by atoms with Crippen LogP contribution >= 0.6 is 11.8 Å². The molecule has 24 heavy (non-hydrogen) atoms. The molecule has 0 fully saturated rings. The summed E-state index contributed by atoms with van der Waals surface area (Å²) in [6.45, 7) is 4.86. The molecule has 0 saturated carbocycles. The highest BCUT2D eigenvalue weighted by molar-refractivity contribution is 8.13. The van der Waals surface area contributed by atoms with Crippen molar-refractivity contribution in [1.29, 1.82) is 0 Å². The lowest BCUT2D eigenvalue weighted by molar-refractivity contribution is 0.172. The van der Waals surface area contributed by atoms with Gasteiger partial charge in [0.15, 0.2) is 0 Å². The zero-order chi connectivity index (χ0) is 17.7. The van der Waals surface area contributed by atoms with E-state index >= 15 is 0 Å². The summed E-state index contributed by atoms with van der Waals surface area (Å²) in [4.78, 5) is 11.1. The number of hydrogen-bond donors (Lipinski definition) is 0. The lowest BCUT2D eigenvalue weighted by Crippen LogP contribution is -1.99. The maximum absolute atomic E-state index is 11.1. The molecule has 0 rings (SSSR count). The zero-order valence-corrected chi connectivity index (χ0v) is 17.3. The second-order valence-corrected chi connectivity index (χ2v) is 8.03. The highest BCUT2D eigenvalue weighted by Crippen LogP contribution is 2.14. The smallest absolute Gasteiger partial charge is 0.367 e. The molecule has 0 unspecified atom stereocenters. The Bertz CT molecular complexity index is 256. The minimum atomic E-state index is -0.113. The number of carbonyl (C=O) groups is 1. The van der Waals surface area contributed by atoms with Crippen molar-refractivity contribution in [3.8, 4) is 0 Å². The standard InChI is InChI=1S/C21H42O2S/c1-3-5-6-7-8-9-10-11-12-13-14-15-16-17-18-19-20-23-21(22)24-4-2/h3-20H2,1-2H3. The molecule has 144 valence electrons. The van der Waals surface area contributed by atoms with E-state index in [4.69, 9.17) is 4.74 Å². The summed E-state index contributed by atoms with van der Waals surface area (Å²) in [5.74, 6) is 0.803. The molecule has 0 aliphatic rings. The van der Waals surface area contributed by atoms with E-state index in [9.17, 15) is 4.79 Å². The Hall–Kier alpha value is -0.180. The molecule has 0 atom stereocenters. The molecule has 0 saturated heterocycles. The van der Waals surface area contributed by atoms with Gasteiger partial charge in [0, 0.05) is 5.75 Å². The Morgan fingerprint density at radius 1 is 0.625 bits per heavy atom. The first-order valence-corrected chi connectivity index (χ1v) is 11.6. The van der Waals surface area contributed by atoms with Gasteiger partial charge in [0.25, 0.3) is 0 Å². The summed E-state index contributed by atoms with van der Waals surface area (Å²) < 4.78 is 5.13. The van der Waals surface area contributed by atoms with Crippen molar-refractivity contribution in [1.82, 2.24) is 0 Å². The van der Waals surface area contributed by atoms with Crippen LogP contribution in [0.15, 0.2) is 0 Å². The molecule has 0 aromatic rings. The fraction of sp³-hybridized carbons (Fsp3) is 0.952. The number of ether oxygens (including phenoxy) is 1. The van der Waals surface area contributed by atoms with Crippen molar-refractivity contribution < 1.29 is 9.53 Å². The van der Waals surface area contributed by atoms with Gasteiger partial charge in [-0.15, -0.1) is 0 Å². The molecular weight excluding hydrogens is 316 g/mol. The molecule has 0 bridgehead atoms. The van der Waals surface area contributed by atoms with Crippen molar-refractivity contribution in [3.63, 3.8) is 0 Å². The lowest BCUT2D eigenvalue weighted by atomic mass is 10.0. The molecule has 0 aliphatic carbocycles. The highest BCUT2D eigenvalue weighted by atomic mass is 32.2. The molecule has 0 radical (unpaired) electrons. The van der Waals surface area contributed by atoms with Crippen molar-refractivity contribution in [2.24, 2.45) is 0 Å². The molecule has 0 amide bonds. The van der Waals surface area contributed by atoms with Crippen molar-refractivity contribution >= 4 is 17.1 Å². The van der Waals surface area contributed by atoms with Gasteiger partial charge in [0.1, 0.15) is 0 Å². The van der Waals surface area contributed by atoms with Crippen LogP contribution in [0.5, 0.6) is 0 Å². The predicted molar refractivity (Wildman–Crippen MR) is 109 cm³/mol. The number of hydrogen-bond acceptors (Lipinski definition) is 3. The van der Waals surface area contributed by atoms with Crippen LogP contribution in [-0.4, -0.2) is 17.7 Å². The van der Waals surface area contributed by atoms with Gasteiger partial charge in [-0.2, -0.15) is 0 Å². The largest absolute Gasteiger partial charge is 0.458 e. The summed E-state index contributed by atoms with van der Waals surface area (Å²) in [6, 6.07) is 0. The molecule has 0 spiro atoms. The summed E-state index contributed by atoms with van der Waals surface area (Å²) in [5, 5.41) is -0.113. The summed E-state index contributed by atoms with van der Waals surface area (Å²) in [6.07, 6.45) is 21.9. The van der Waals surface area contributed by atoms with Crippen LogP contribution in [0.3, 0.4) is 0 Å². The quantitative estimate of drug-likeness (QED) is 0.183. The van der Waals surface area contributed by atoms with Crippen LogP contribution < -0.4 is 0 Å². The Morgan fingerprint density at radius 3 is 1.38 bits per heavy atom. The topological polar surface area (TPSA) is 26.3 Å². The molecule has 0 aromatic heterocycles. The van der Waals surface area contributed by atoms with E-state index < -0.39 is 0 Å². The van der Waals surface area contributed by atoms with Gasteiger partial charge in [0.05, 0.1) is 6.61 Å². The second-order valence-electron chi connectivity index (χ2n) is 6.83. The fourth-order valence-electron chi connectivity index (χ4n) is 2.97. The van der Waals surface area contributed by atoms with Gasteiger partial charge in [-0.3, -0.25) is 0 Å². The second kappa shape index (κ2) is 20.9. The van der Waals surface area contributed by atoms with Crippen molar-refractivity contribution in [2.75, 3.05) is 12.4 Å². The average Bonchev–Trinajstić information content (AvgIpc) is 2.58. The van der Waals surface area contributed by atoms with Crippen LogP contribution in [0.2, 0.25) is 0 Å². The Labute approximate surface area is 155 Å². The minimum absolute atomic E-state index is 0.113. The van der Waals surface area contributed by atoms with Crippen LogP contribution in [0.1, 0.15) is 117 Å². The first-order chi connectivity index (χ1) is 11.8. The third-order valence-electron chi connectivity index (χ3n) is 4.48. The first kappa shape index (κ1) is 23.8. The number of rotatable bonds is 18. The van der Waals surface area contributed by atoms with Crippen molar-refractivity contribution in [3.05, 3.63) is 0 Å². The summed E-state index contributed by atoms with van der Waals surface area (Å²) in [5.41, 5.74) is 0. The van der Waals surface area contributed by atoms with E-state index in [0.717, 1.165) is 12.2 Å². The van der Waals surface area contributed by atoms with E-state index in [1.807, 2.05) is 6.92 Å². The molecule has 2 nitrogen and oxygen atoms in total. The first-order valence-electron chi connectivity index (χ1n) is 10.6. The maximum Gasteiger partial charge on any atom is 0.367 e. The van der Waals surface area contributed by atoms with Crippen LogP contribution in [0.25, 0.3) is 0 Å². The van der Waals surface area contributed by atoms with Crippen LogP contribution in [0.4, 0.5) is 4.79 Å². The fourth-order valence-corrected chi connectivity index (χ4v) is 3.37. The summed E-state index contributed by atoms with van der Waals surface area (Å²) >= 11 is 1.26. The molecule has 0 aromatic carbocycles. The Morgan fingerprint density at radius 2 is 1.00 bits per heavy atom. The molecule has 0 N–H and O–H groups in total. The van der Waals surface area contributed by atoms with Gasteiger partial charge in [0.2, 0.25) is 0 Å². The number of thioether (sulfide) groups is 1. The maximum atomic E-state index is 11.1. The van der Waals surface area contributed by atoms with E-state index in [1.54, 1.807) is 0 Å². The van der Waals surface area contributed by atoms with Gasteiger partial charge >= 0.3 is 5.30 Å². The van der Waals surface area contributed by atoms with E-state index in [1.165, 1.54) is 108 Å². The zero-order valence-electron chi connectivity index (χ0n) is 16.5. The van der Waals surface area contributed by atoms with Gasteiger partial charge in [-0.1, -0.05) is 110 Å². The molecule has 3 heteroatoms. The van der Waals surface area contributed by atoms with Gasteiger partial charge in [-0.05, 0) is 18.2 Å².